The molecule has 20 heavy (non-hydrogen) atoms. The normalized spacial score (nSPS) is 16.1. The van der Waals surface area contributed by atoms with Crippen molar-refractivity contribution in [3.8, 4) is 0 Å². The Kier molecular flexibility index (Phi) is 4.28. The molecule has 1 aliphatic heterocycles. The van der Waals surface area contributed by atoms with Gasteiger partial charge in [-0.15, -0.1) is 0 Å². The number of hydrogen-bond donors (Lipinski definition) is 4. The summed E-state index contributed by atoms with van der Waals surface area (Å²) in [6.07, 6.45) is 2.12. The van der Waals surface area contributed by atoms with Gasteiger partial charge in [-0.3, -0.25) is 14.9 Å². The molecule has 9 heteroatoms. The van der Waals surface area contributed by atoms with Gasteiger partial charge in [-0.25, -0.2) is 4.99 Å². The molecule has 2 amide bonds. The summed E-state index contributed by atoms with van der Waals surface area (Å²) in [6.45, 7) is 0.403. The van der Waals surface area contributed by atoms with Crippen molar-refractivity contribution in [3.05, 3.63) is 28.0 Å². The van der Waals surface area contributed by atoms with Crippen LogP contribution in [0.15, 0.2) is 27.3 Å². The zero-order valence-corrected chi connectivity index (χ0v) is 12.4. The molecule has 7 nitrogen and oxygen atoms in total. The predicted octanol–water partition coefficient (Wildman–Crippen LogP) is -1.52. The molecule has 0 spiro atoms. The van der Waals surface area contributed by atoms with E-state index in [0.29, 0.717) is 18.7 Å². The van der Waals surface area contributed by atoms with E-state index in [1.54, 1.807) is 12.1 Å². The topological polar surface area (TPSA) is 112 Å². The molecule has 0 saturated heterocycles. The average Bonchev–Trinajstić information content (AvgIpc) is 2.88. The van der Waals surface area contributed by atoms with Crippen LogP contribution in [0.5, 0.6) is 0 Å². The van der Waals surface area contributed by atoms with Gasteiger partial charge in [0.2, 0.25) is 5.96 Å². The lowest BCUT2D eigenvalue weighted by Gasteiger charge is -2.01. The summed E-state index contributed by atoms with van der Waals surface area (Å²) in [5.74, 6) is -0.425. The summed E-state index contributed by atoms with van der Waals surface area (Å²) < 4.78 is 0.859. The van der Waals surface area contributed by atoms with E-state index >= 15 is 0 Å². The molecule has 104 valence electrons. The number of nitrogens with one attached hydrogen (secondary N) is 3. The van der Waals surface area contributed by atoms with Crippen LogP contribution in [0.25, 0.3) is 0 Å². The average molecular weight is 338 g/mol. The second kappa shape index (κ2) is 5.95. The van der Waals surface area contributed by atoms with Gasteiger partial charge < -0.3 is 16.0 Å². The molecule has 1 aromatic rings. The lowest BCUT2D eigenvalue weighted by molar-refractivity contribution is -0.115. The van der Waals surface area contributed by atoms with Crippen molar-refractivity contribution >= 4 is 47.1 Å². The molecule has 1 aliphatic rings. The first-order valence-corrected chi connectivity index (χ1v) is 6.75. The number of guanidine groups is 1. The summed E-state index contributed by atoms with van der Waals surface area (Å²) >= 11 is 3.33. The van der Waals surface area contributed by atoms with Gasteiger partial charge in [0.15, 0.2) is 7.85 Å². The number of hydrogen-bond acceptors (Lipinski definition) is 4. The Morgan fingerprint density at radius 3 is 2.90 bits per heavy atom. The van der Waals surface area contributed by atoms with Crippen molar-refractivity contribution in [1.82, 2.24) is 15.6 Å². The molecule has 1 aromatic heterocycles. The number of nitrogens with zero attached hydrogens (tertiary/aromatic N) is 1. The smallest absolute Gasteiger partial charge is 0.276 e. The van der Waals surface area contributed by atoms with Crippen molar-refractivity contribution in [3.63, 3.8) is 0 Å². The first-order valence-electron chi connectivity index (χ1n) is 5.96. The maximum absolute atomic E-state index is 11.8. The Balaban J connectivity index is 1.83. The molecule has 0 atom stereocenters. The molecule has 0 aromatic carbocycles. The van der Waals surface area contributed by atoms with Gasteiger partial charge in [0.25, 0.3) is 11.8 Å². The third-order valence-corrected chi connectivity index (χ3v) is 3.50. The molecule has 0 fully saturated rings. The van der Waals surface area contributed by atoms with Crippen LogP contribution < -0.4 is 22.0 Å². The summed E-state index contributed by atoms with van der Waals surface area (Å²) in [4.78, 5) is 29.9. The third kappa shape index (κ3) is 3.29. The highest BCUT2D eigenvalue weighted by molar-refractivity contribution is 9.10. The fourth-order valence-corrected chi connectivity index (χ4v) is 2.00. The second-order valence-electron chi connectivity index (χ2n) is 4.24. The Morgan fingerprint density at radius 2 is 2.35 bits per heavy atom. The zero-order chi connectivity index (χ0) is 14.7. The highest BCUT2D eigenvalue weighted by Crippen LogP contribution is 2.08. The van der Waals surface area contributed by atoms with E-state index in [1.165, 1.54) is 0 Å². The molecule has 0 unspecified atom stereocenters. The van der Waals surface area contributed by atoms with Crippen LogP contribution in [-0.2, 0) is 4.79 Å². The van der Waals surface area contributed by atoms with E-state index in [1.807, 2.05) is 7.85 Å². The quantitative estimate of drug-likeness (QED) is 0.304. The maximum Gasteiger partial charge on any atom is 0.276 e. The molecule has 0 bridgehead atoms. The van der Waals surface area contributed by atoms with E-state index in [4.69, 9.17) is 5.73 Å². The number of carbonyl (C=O) groups is 2. The highest BCUT2D eigenvalue weighted by atomic mass is 79.9. The number of amides is 2. The van der Waals surface area contributed by atoms with Gasteiger partial charge >= 0.3 is 0 Å². The molecule has 2 rings (SSSR count). The number of aliphatic imine (C=N–C) groups is 1. The monoisotopic (exact) mass is 337 g/mol. The molecule has 0 radical (unpaired) electrons. The Bertz CT molecular complexity index is 603. The van der Waals surface area contributed by atoms with Crippen molar-refractivity contribution in [1.29, 1.82) is 0 Å². The third-order valence-electron chi connectivity index (χ3n) is 2.68. The van der Waals surface area contributed by atoms with Crippen molar-refractivity contribution < 1.29 is 9.59 Å². The molecular weight excluding hydrogens is 325 g/mol. The van der Waals surface area contributed by atoms with E-state index in [0.717, 1.165) is 10.1 Å². The number of aromatic nitrogens is 1. The molecule has 0 saturated carbocycles. The van der Waals surface area contributed by atoms with Crippen LogP contribution in [0.2, 0.25) is 0 Å². The standard InChI is InChI=1S/C11H13BBrN5O2/c12-8-5(13)4-7(16-8)9(19)15-3-1-2-6-10(20)18-11(14)17-6/h2,4,16H,1,3,12H2,(H,15,19)(H3,14,17,18,20)/b6-2-. The number of nitrogens with two attached hydrogens (primary N) is 1. The predicted molar refractivity (Wildman–Crippen MR) is 81.5 cm³/mol. The van der Waals surface area contributed by atoms with Crippen LogP contribution in [0, 0.1) is 0 Å². The number of rotatable bonds is 4. The van der Waals surface area contributed by atoms with E-state index < -0.39 is 0 Å². The minimum absolute atomic E-state index is 0.0944. The largest absolute Gasteiger partial charge is 0.369 e. The number of H-pyrrole nitrogens is 1. The van der Waals surface area contributed by atoms with E-state index in [-0.39, 0.29) is 23.5 Å². The number of aromatic amines is 1. The summed E-state index contributed by atoms with van der Waals surface area (Å²) in [5.41, 5.74) is 7.01. The Morgan fingerprint density at radius 1 is 1.60 bits per heavy atom. The molecule has 5 N–H and O–H groups in total. The van der Waals surface area contributed by atoms with Gasteiger partial charge in [0, 0.05) is 11.0 Å². The Hall–Kier alpha value is -2.03. The summed E-state index contributed by atoms with van der Waals surface area (Å²) in [6, 6.07) is 1.72. The minimum Gasteiger partial charge on any atom is -0.369 e. The SMILES string of the molecule is Bc1[nH]c(C(=O)NCC/C=C2\N=C(N)NC2=O)cc1Br. The van der Waals surface area contributed by atoms with Gasteiger partial charge in [0.1, 0.15) is 11.4 Å². The molecular formula is C11H13BBrN5O2. The number of carbonyl (C=O) groups excluding carboxylic acids is 2. The lowest BCUT2D eigenvalue weighted by atomic mass is 10.1. The van der Waals surface area contributed by atoms with Gasteiger partial charge in [-0.2, -0.15) is 0 Å². The van der Waals surface area contributed by atoms with E-state index in [2.05, 4.69) is 36.5 Å². The van der Waals surface area contributed by atoms with Crippen LogP contribution in [0.4, 0.5) is 0 Å². The molecule has 2 heterocycles. The summed E-state index contributed by atoms with van der Waals surface area (Å²) in [7, 11) is 1.87. The zero-order valence-electron chi connectivity index (χ0n) is 10.8. The van der Waals surface area contributed by atoms with Crippen LogP contribution >= 0.6 is 15.9 Å². The van der Waals surface area contributed by atoms with E-state index in [9.17, 15) is 9.59 Å². The van der Waals surface area contributed by atoms with Crippen LogP contribution in [0.3, 0.4) is 0 Å². The van der Waals surface area contributed by atoms with Crippen LogP contribution in [-0.4, -0.2) is 37.1 Å². The van der Waals surface area contributed by atoms with Gasteiger partial charge in [0.05, 0.1) is 0 Å². The molecule has 0 aliphatic carbocycles. The van der Waals surface area contributed by atoms with Gasteiger partial charge in [-0.05, 0) is 34.0 Å². The van der Waals surface area contributed by atoms with Gasteiger partial charge in [-0.1, -0.05) is 6.08 Å². The first-order chi connectivity index (χ1) is 9.47. The maximum atomic E-state index is 11.8. The first kappa shape index (κ1) is 14.4. The Labute approximate surface area is 124 Å². The number of halogens is 1. The highest BCUT2D eigenvalue weighted by Gasteiger charge is 2.16. The second-order valence-corrected chi connectivity index (χ2v) is 5.10. The fourth-order valence-electron chi connectivity index (χ4n) is 1.67. The van der Waals surface area contributed by atoms with Crippen molar-refractivity contribution in [2.45, 2.75) is 6.42 Å². The minimum atomic E-state index is -0.322. The van der Waals surface area contributed by atoms with Crippen molar-refractivity contribution in [2.75, 3.05) is 6.54 Å². The van der Waals surface area contributed by atoms with Crippen molar-refractivity contribution in [2.24, 2.45) is 10.7 Å². The van der Waals surface area contributed by atoms with Crippen LogP contribution in [0.1, 0.15) is 16.9 Å². The fraction of sp³-hybridized carbons (Fsp3) is 0.182. The lowest BCUT2D eigenvalue weighted by Crippen LogP contribution is -2.30. The summed E-state index contributed by atoms with van der Waals surface area (Å²) in [5, 5.41) is 5.12.